The van der Waals surface area contributed by atoms with Crippen molar-refractivity contribution in [2.45, 2.75) is 45.2 Å². The van der Waals surface area contributed by atoms with E-state index < -0.39 is 0 Å². The number of halogens is 1. The molecule has 3 rings (SSSR count). The third-order valence-corrected chi connectivity index (χ3v) is 5.20. The lowest BCUT2D eigenvalue weighted by Crippen LogP contribution is -2.39. The number of likely N-dealkylation sites (tertiary alicyclic amines) is 1. The SMILES string of the molecule is CC(C)NC(=O)c1ccc(OC[C@H]2CCCN2C(=O)Cc2ccc(Cl)cc2)cc1. The second-order valence-electron chi connectivity index (χ2n) is 7.65. The fourth-order valence-corrected chi connectivity index (χ4v) is 3.58. The molecule has 0 aliphatic carbocycles. The number of amides is 2. The van der Waals surface area contributed by atoms with E-state index in [1.807, 2.05) is 30.9 Å². The summed E-state index contributed by atoms with van der Waals surface area (Å²) >= 11 is 5.91. The van der Waals surface area contributed by atoms with E-state index in [0.717, 1.165) is 24.9 Å². The average molecular weight is 415 g/mol. The van der Waals surface area contributed by atoms with Crippen molar-refractivity contribution in [1.82, 2.24) is 10.2 Å². The number of nitrogens with zero attached hydrogens (tertiary/aromatic N) is 1. The van der Waals surface area contributed by atoms with Crippen molar-refractivity contribution in [2.24, 2.45) is 0 Å². The highest BCUT2D eigenvalue weighted by Gasteiger charge is 2.29. The standard InChI is InChI=1S/C23H27ClN2O3/c1-16(2)25-23(28)18-7-11-21(12-8-18)29-15-20-4-3-13-26(20)22(27)14-17-5-9-19(24)10-6-17/h5-12,16,20H,3-4,13-15H2,1-2H3,(H,25,28)/t20-/m1/s1. The average Bonchev–Trinajstić information content (AvgIpc) is 3.17. The molecule has 29 heavy (non-hydrogen) atoms. The summed E-state index contributed by atoms with van der Waals surface area (Å²) in [6.45, 7) is 5.06. The third-order valence-electron chi connectivity index (χ3n) is 4.94. The van der Waals surface area contributed by atoms with Crippen LogP contribution in [0.4, 0.5) is 0 Å². The van der Waals surface area contributed by atoms with Crippen LogP contribution in [0.3, 0.4) is 0 Å². The Labute approximate surface area is 177 Å². The number of hydrogen-bond acceptors (Lipinski definition) is 3. The van der Waals surface area contributed by atoms with Crippen molar-refractivity contribution in [3.05, 3.63) is 64.7 Å². The molecular formula is C23H27ClN2O3. The van der Waals surface area contributed by atoms with Gasteiger partial charge in [-0.05, 0) is 68.7 Å². The normalized spacial score (nSPS) is 16.1. The minimum Gasteiger partial charge on any atom is -0.491 e. The first-order valence-corrected chi connectivity index (χ1v) is 10.4. The minimum absolute atomic E-state index is 0.0683. The lowest BCUT2D eigenvalue weighted by molar-refractivity contribution is -0.131. The second kappa shape index (κ2) is 9.79. The Morgan fingerprint density at radius 2 is 1.83 bits per heavy atom. The molecule has 0 aromatic heterocycles. The molecular weight excluding hydrogens is 388 g/mol. The zero-order valence-electron chi connectivity index (χ0n) is 16.9. The van der Waals surface area contributed by atoms with Crippen LogP contribution in [0.1, 0.15) is 42.6 Å². The second-order valence-corrected chi connectivity index (χ2v) is 8.09. The highest BCUT2D eigenvalue weighted by molar-refractivity contribution is 6.30. The number of rotatable bonds is 7. The van der Waals surface area contributed by atoms with Crippen molar-refractivity contribution < 1.29 is 14.3 Å². The van der Waals surface area contributed by atoms with Crippen LogP contribution in [-0.4, -0.2) is 41.9 Å². The van der Waals surface area contributed by atoms with Crippen LogP contribution in [0.25, 0.3) is 0 Å². The van der Waals surface area contributed by atoms with Crippen LogP contribution in [0.15, 0.2) is 48.5 Å². The topological polar surface area (TPSA) is 58.6 Å². The highest BCUT2D eigenvalue weighted by atomic mass is 35.5. The van der Waals surface area contributed by atoms with Crippen LogP contribution in [0, 0.1) is 0 Å². The van der Waals surface area contributed by atoms with E-state index in [2.05, 4.69) is 5.32 Å². The van der Waals surface area contributed by atoms with Gasteiger partial charge in [0.15, 0.2) is 0 Å². The molecule has 1 saturated heterocycles. The molecule has 6 heteroatoms. The number of ether oxygens (including phenoxy) is 1. The summed E-state index contributed by atoms with van der Waals surface area (Å²) in [6, 6.07) is 14.7. The summed E-state index contributed by atoms with van der Waals surface area (Å²) in [5.74, 6) is 0.712. The van der Waals surface area contributed by atoms with Gasteiger partial charge in [-0.2, -0.15) is 0 Å². The lowest BCUT2D eigenvalue weighted by Gasteiger charge is -2.25. The fraction of sp³-hybridized carbons (Fsp3) is 0.391. The molecule has 1 heterocycles. The van der Waals surface area contributed by atoms with Crippen molar-refractivity contribution >= 4 is 23.4 Å². The van der Waals surface area contributed by atoms with Crippen LogP contribution in [0.2, 0.25) is 5.02 Å². The molecule has 0 saturated carbocycles. The maximum absolute atomic E-state index is 12.7. The lowest BCUT2D eigenvalue weighted by atomic mass is 10.1. The largest absolute Gasteiger partial charge is 0.491 e. The predicted molar refractivity (Wildman–Crippen MR) is 114 cm³/mol. The monoisotopic (exact) mass is 414 g/mol. The minimum atomic E-state index is -0.0960. The maximum Gasteiger partial charge on any atom is 0.251 e. The summed E-state index contributed by atoms with van der Waals surface area (Å²) in [6.07, 6.45) is 2.28. The first-order chi connectivity index (χ1) is 13.9. The molecule has 1 aliphatic heterocycles. The Balaban J connectivity index is 1.53. The molecule has 0 spiro atoms. The summed E-state index contributed by atoms with van der Waals surface area (Å²) < 4.78 is 5.91. The first-order valence-electron chi connectivity index (χ1n) is 10.00. The molecule has 154 valence electrons. The Morgan fingerprint density at radius 3 is 2.48 bits per heavy atom. The van der Waals surface area contributed by atoms with Gasteiger partial charge in [0.2, 0.25) is 5.91 Å². The van der Waals surface area contributed by atoms with Crippen LogP contribution < -0.4 is 10.1 Å². The van der Waals surface area contributed by atoms with Crippen LogP contribution >= 0.6 is 11.6 Å². The van der Waals surface area contributed by atoms with Gasteiger partial charge in [0.25, 0.3) is 5.91 Å². The molecule has 1 aliphatic rings. The number of benzene rings is 2. The third kappa shape index (κ3) is 5.97. The van der Waals surface area contributed by atoms with Gasteiger partial charge in [-0.1, -0.05) is 23.7 Å². The molecule has 1 N–H and O–H groups in total. The molecule has 1 atom stereocenters. The van der Waals surface area contributed by atoms with Gasteiger partial charge in [-0.3, -0.25) is 9.59 Å². The Kier molecular flexibility index (Phi) is 7.15. The van der Waals surface area contributed by atoms with E-state index in [0.29, 0.717) is 29.4 Å². The van der Waals surface area contributed by atoms with Gasteiger partial charge in [-0.15, -0.1) is 0 Å². The van der Waals surface area contributed by atoms with Gasteiger partial charge < -0.3 is 15.0 Å². The molecule has 0 unspecified atom stereocenters. The Bertz CT molecular complexity index is 834. The quantitative estimate of drug-likeness (QED) is 0.742. The summed E-state index contributed by atoms with van der Waals surface area (Å²) in [4.78, 5) is 26.7. The van der Waals surface area contributed by atoms with Crippen LogP contribution in [-0.2, 0) is 11.2 Å². The van der Waals surface area contributed by atoms with Gasteiger partial charge >= 0.3 is 0 Å². The molecule has 5 nitrogen and oxygen atoms in total. The van der Waals surface area contributed by atoms with Gasteiger partial charge in [0.1, 0.15) is 12.4 Å². The molecule has 2 aromatic carbocycles. The maximum atomic E-state index is 12.7. The van der Waals surface area contributed by atoms with Crippen molar-refractivity contribution in [3.8, 4) is 5.75 Å². The predicted octanol–water partition coefficient (Wildman–Crippen LogP) is 4.09. The van der Waals surface area contributed by atoms with E-state index in [4.69, 9.17) is 16.3 Å². The smallest absolute Gasteiger partial charge is 0.251 e. The van der Waals surface area contributed by atoms with E-state index in [1.165, 1.54) is 0 Å². The van der Waals surface area contributed by atoms with Gasteiger partial charge in [0.05, 0.1) is 12.5 Å². The zero-order valence-corrected chi connectivity index (χ0v) is 17.6. The molecule has 0 radical (unpaired) electrons. The van der Waals surface area contributed by atoms with Crippen molar-refractivity contribution in [1.29, 1.82) is 0 Å². The summed E-state index contributed by atoms with van der Waals surface area (Å²) in [7, 11) is 0. The number of carbonyl (C=O) groups is 2. The van der Waals surface area contributed by atoms with Crippen molar-refractivity contribution in [3.63, 3.8) is 0 Å². The Hall–Kier alpha value is -2.53. The van der Waals surface area contributed by atoms with E-state index >= 15 is 0 Å². The molecule has 2 amide bonds. The highest BCUT2D eigenvalue weighted by Crippen LogP contribution is 2.21. The van der Waals surface area contributed by atoms with Crippen LogP contribution in [0.5, 0.6) is 5.75 Å². The fourth-order valence-electron chi connectivity index (χ4n) is 3.46. The number of hydrogen-bond donors (Lipinski definition) is 1. The Morgan fingerprint density at radius 1 is 1.14 bits per heavy atom. The summed E-state index contributed by atoms with van der Waals surface area (Å²) in [5, 5.41) is 3.53. The van der Waals surface area contributed by atoms with E-state index in [1.54, 1.807) is 36.4 Å². The van der Waals surface area contributed by atoms with Crippen molar-refractivity contribution in [2.75, 3.05) is 13.2 Å². The first kappa shape index (κ1) is 21.2. The molecule has 1 fully saturated rings. The zero-order chi connectivity index (χ0) is 20.8. The molecule has 2 aromatic rings. The van der Waals surface area contributed by atoms with E-state index in [-0.39, 0.29) is 23.9 Å². The van der Waals surface area contributed by atoms with Gasteiger partial charge in [-0.25, -0.2) is 0 Å². The summed E-state index contributed by atoms with van der Waals surface area (Å²) in [5.41, 5.74) is 1.56. The number of nitrogens with one attached hydrogen (secondary N) is 1. The molecule has 0 bridgehead atoms. The number of carbonyl (C=O) groups excluding carboxylic acids is 2. The van der Waals surface area contributed by atoms with Gasteiger partial charge in [0, 0.05) is 23.2 Å². The van der Waals surface area contributed by atoms with E-state index in [9.17, 15) is 9.59 Å².